The normalized spacial score (nSPS) is 12.2. The second-order valence-electron chi connectivity index (χ2n) is 2.09. The van der Waals surface area contributed by atoms with E-state index in [1.165, 1.54) is 0 Å². The third-order valence-corrected chi connectivity index (χ3v) is 0.805. The molecule has 0 aromatic carbocycles. The third kappa shape index (κ3) is 13.3. The molecule has 0 saturated heterocycles. The standard InChI is InChI=1S/C4H6O6.C2H4O2.Na.H/c5-1(3(7)8)2(6)4(9)10;1-2(3)4;;/h1-2,5-6H,(H,7,8)(H,9,10);1H3,(H,3,4);;. The first-order valence-corrected chi connectivity index (χ1v) is 3.21. The molecule has 0 heterocycles. The number of aliphatic hydroxyl groups excluding tert-OH is 2. The van der Waals surface area contributed by atoms with E-state index >= 15 is 0 Å². The predicted octanol–water partition coefficient (Wildman–Crippen LogP) is -2.68. The Labute approximate surface area is 106 Å². The van der Waals surface area contributed by atoms with Gasteiger partial charge in [0, 0.05) is 6.92 Å². The van der Waals surface area contributed by atoms with Crippen LogP contribution in [0.4, 0.5) is 0 Å². The number of carbonyl (C=O) groups is 3. The zero-order valence-electron chi connectivity index (χ0n) is 7.12. The average Bonchev–Trinajstić information content (AvgIpc) is 2.00. The monoisotopic (exact) mass is 234 g/mol. The van der Waals surface area contributed by atoms with Crippen molar-refractivity contribution >= 4 is 47.5 Å². The van der Waals surface area contributed by atoms with Crippen LogP contribution in [0.1, 0.15) is 6.92 Å². The number of hydrogen-bond donors (Lipinski definition) is 5. The van der Waals surface area contributed by atoms with Gasteiger partial charge in [-0.1, -0.05) is 0 Å². The van der Waals surface area contributed by atoms with E-state index in [-0.39, 0.29) is 29.6 Å². The van der Waals surface area contributed by atoms with Crippen molar-refractivity contribution in [3.8, 4) is 0 Å². The van der Waals surface area contributed by atoms with Crippen LogP contribution in [-0.4, -0.2) is 85.2 Å². The molecule has 2 atom stereocenters. The number of carboxylic acids is 3. The number of rotatable bonds is 3. The van der Waals surface area contributed by atoms with E-state index in [4.69, 9.17) is 30.3 Å². The van der Waals surface area contributed by atoms with Crippen molar-refractivity contribution in [2.45, 2.75) is 19.1 Å². The molecule has 0 rings (SSSR count). The minimum atomic E-state index is -2.27. The summed E-state index contributed by atoms with van der Waals surface area (Å²) in [4.78, 5) is 28.5. The van der Waals surface area contributed by atoms with Gasteiger partial charge in [0.2, 0.25) is 0 Å². The summed E-state index contributed by atoms with van der Waals surface area (Å²) in [5.41, 5.74) is 0. The van der Waals surface area contributed by atoms with Crippen LogP contribution in [0.15, 0.2) is 0 Å². The second kappa shape index (κ2) is 9.87. The molecular formula is C6H11NaO8. The van der Waals surface area contributed by atoms with Crippen LogP contribution in [-0.2, 0) is 14.4 Å². The summed E-state index contributed by atoms with van der Waals surface area (Å²) in [5, 5.41) is 39.9. The number of aliphatic carboxylic acids is 3. The van der Waals surface area contributed by atoms with Gasteiger partial charge in [0.25, 0.3) is 5.97 Å². The maximum absolute atomic E-state index is 9.77. The molecule has 15 heavy (non-hydrogen) atoms. The van der Waals surface area contributed by atoms with Crippen LogP contribution >= 0.6 is 0 Å². The molecular weight excluding hydrogens is 223 g/mol. The van der Waals surface area contributed by atoms with E-state index in [9.17, 15) is 9.59 Å². The van der Waals surface area contributed by atoms with Crippen LogP contribution in [0, 0.1) is 0 Å². The molecule has 0 fully saturated rings. The van der Waals surface area contributed by atoms with Gasteiger partial charge in [0.1, 0.15) is 0 Å². The first kappa shape index (κ1) is 19.8. The van der Waals surface area contributed by atoms with Gasteiger partial charge in [-0.25, -0.2) is 9.59 Å². The van der Waals surface area contributed by atoms with E-state index in [2.05, 4.69) is 0 Å². The zero-order chi connectivity index (χ0) is 11.9. The minimum absolute atomic E-state index is 0. The van der Waals surface area contributed by atoms with E-state index in [0.717, 1.165) is 6.92 Å². The van der Waals surface area contributed by atoms with Crippen LogP contribution < -0.4 is 0 Å². The molecule has 0 aliphatic rings. The zero-order valence-corrected chi connectivity index (χ0v) is 7.12. The molecule has 0 spiro atoms. The van der Waals surface area contributed by atoms with Gasteiger partial charge in [-0.2, -0.15) is 0 Å². The maximum atomic E-state index is 9.77. The molecule has 84 valence electrons. The molecule has 0 aliphatic heterocycles. The van der Waals surface area contributed by atoms with Crippen molar-refractivity contribution in [3.05, 3.63) is 0 Å². The Morgan fingerprint density at radius 2 is 1.00 bits per heavy atom. The van der Waals surface area contributed by atoms with E-state index in [1.807, 2.05) is 0 Å². The van der Waals surface area contributed by atoms with Gasteiger partial charge in [-0.15, -0.1) is 0 Å². The van der Waals surface area contributed by atoms with Crippen molar-refractivity contribution in [1.29, 1.82) is 0 Å². The van der Waals surface area contributed by atoms with E-state index in [0.29, 0.717) is 0 Å². The number of carboxylic acid groups (broad SMARTS) is 3. The molecule has 0 aromatic rings. The molecule has 0 bridgehead atoms. The fourth-order valence-electron chi connectivity index (χ4n) is 0.270. The van der Waals surface area contributed by atoms with Crippen molar-refractivity contribution < 1.29 is 39.9 Å². The summed E-state index contributed by atoms with van der Waals surface area (Å²) >= 11 is 0. The first-order chi connectivity index (χ1) is 6.20. The molecule has 0 aliphatic carbocycles. The van der Waals surface area contributed by atoms with Gasteiger partial charge < -0.3 is 25.5 Å². The van der Waals surface area contributed by atoms with Crippen LogP contribution in [0.3, 0.4) is 0 Å². The topological polar surface area (TPSA) is 152 Å². The fourth-order valence-corrected chi connectivity index (χ4v) is 0.270. The van der Waals surface area contributed by atoms with Gasteiger partial charge in [0.15, 0.2) is 12.2 Å². The number of aliphatic hydroxyl groups is 2. The summed E-state index contributed by atoms with van der Waals surface area (Å²) in [6.45, 7) is 1.08. The van der Waals surface area contributed by atoms with Gasteiger partial charge in [0.05, 0.1) is 0 Å². The van der Waals surface area contributed by atoms with Gasteiger partial charge in [-0.3, -0.25) is 4.79 Å². The Hall–Kier alpha value is -0.670. The Balaban J connectivity index is -0.000000249. The van der Waals surface area contributed by atoms with Gasteiger partial charge >= 0.3 is 41.5 Å². The van der Waals surface area contributed by atoms with Crippen molar-refractivity contribution in [3.63, 3.8) is 0 Å². The molecule has 0 radical (unpaired) electrons. The predicted molar refractivity (Wildman–Crippen MR) is 47.7 cm³/mol. The summed E-state index contributed by atoms with van der Waals surface area (Å²) in [7, 11) is 0. The first-order valence-electron chi connectivity index (χ1n) is 3.21. The third-order valence-electron chi connectivity index (χ3n) is 0.805. The summed E-state index contributed by atoms with van der Waals surface area (Å²) in [6, 6.07) is 0. The molecule has 0 saturated carbocycles. The second-order valence-corrected chi connectivity index (χ2v) is 2.09. The Morgan fingerprint density at radius 1 is 0.867 bits per heavy atom. The van der Waals surface area contributed by atoms with Gasteiger partial charge in [-0.05, 0) is 0 Å². The fraction of sp³-hybridized carbons (Fsp3) is 0.500. The van der Waals surface area contributed by atoms with Crippen molar-refractivity contribution in [1.82, 2.24) is 0 Å². The van der Waals surface area contributed by atoms with Crippen LogP contribution in [0.2, 0.25) is 0 Å². The Bertz CT molecular complexity index is 205. The van der Waals surface area contributed by atoms with Crippen LogP contribution in [0.25, 0.3) is 0 Å². The van der Waals surface area contributed by atoms with E-state index in [1.54, 1.807) is 0 Å². The van der Waals surface area contributed by atoms with Crippen molar-refractivity contribution in [2.24, 2.45) is 0 Å². The quantitative estimate of drug-likeness (QED) is 0.331. The summed E-state index contributed by atoms with van der Waals surface area (Å²) < 4.78 is 0. The summed E-state index contributed by atoms with van der Waals surface area (Å²) in [5.74, 6) is -4.37. The molecule has 0 aromatic heterocycles. The van der Waals surface area contributed by atoms with Crippen molar-refractivity contribution in [2.75, 3.05) is 0 Å². The molecule has 5 N–H and O–H groups in total. The molecule has 0 amide bonds. The molecule has 8 nitrogen and oxygen atoms in total. The molecule has 2 unspecified atom stereocenters. The molecule has 9 heteroatoms. The summed E-state index contributed by atoms with van der Waals surface area (Å²) in [6.07, 6.45) is -4.53. The number of hydrogen-bond acceptors (Lipinski definition) is 5. The average molecular weight is 234 g/mol. The van der Waals surface area contributed by atoms with Crippen LogP contribution in [0.5, 0.6) is 0 Å². The van der Waals surface area contributed by atoms with E-state index < -0.39 is 30.1 Å². The Morgan fingerprint density at radius 3 is 1.07 bits per heavy atom. The SMILES string of the molecule is CC(=O)O.O=C(O)C(O)C(O)C(=O)O.[NaH]. The Kier molecular flexibility index (Phi) is 13.1.